The summed E-state index contributed by atoms with van der Waals surface area (Å²) in [7, 11) is 1.83. The minimum Gasteiger partial charge on any atom is -0.480 e. The van der Waals surface area contributed by atoms with Crippen LogP contribution >= 0.6 is 0 Å². The number of hydrogen-bond donors (Lipinski definition) is 2. The molecule has 1 unspecified atom stereocenters. The number of carbonyl (C=O) groups is 3. The van der Waals surface area contributed by atoms with E-state index in [0.29, 0.717) is 11.3 Å². The van der Waals surface area contributed by atoms with Crippen LogP contribution in [0, 0.1) is 0 Å². The molecule has 1 aromatic carbocycles. The van der Waals surface area contributed by atoms with Crippen molar-refractivity contribution in [1.29, 1.82) is 0 Å². The molecule has 142 valence electrons. The molecule has 1 fully saturated rings. The van der Waals surface area contributed by atoms with Gasteiger partial charge >= 0.3 is 5.97 Å². The molecule has 0 spiro atoms. The first-order valence-electron chi connectivity index (χ1n) is 8.86. The third kappa shape index (κ3) is 5.37. The largest absolute Gasteiger partial charge is 0.480 e. The smallest absolute Gasteiger partial charge is 0.317 e. The molecule has 1 aliphatic rings. The average molecular weight is 361 g/mol. The van der Waals surface area contributed by atoms with Crippen LogP contribution in [0.15, 0.2) is 24.3 Å². The van der Waals surface area contributed by atoms with Crippen LogP contribution in [-0.2, 0) is 9.59 Å². The molecule has 7 heteroatoms. The lowest BCUT2D eigenvalue weighted by molar-refractivity contribution is -0.138. The second kappa shape index (κ2) is 8.91. The van der Waals surface area contributed by atoms with E-state index in [-0.39, 0.29) is 30.3 Å². The third-order valence-electron chi connectivity index (χ3n) is 4.97. The van der Waals surface area contributed by atoms with Crippen molar-refractivity contribution in [2.75, 3.05) is 32.0 Å². The minimum absolute atomic E-state index is 0.0349. The highest BCUT2D eigenvalue weighted by Gasteiger charge is 2.28. The number of piperidine rings is 1. The third-order valence-corrected chi connectivity index (χ3v) is 4.97. The van der Waals surface area contributed by atoms with Gasteiger partial charge in [0.15, 0.2) is 5.78 Å². The lowest BCUT2D eigenvalue weighted by atomic mass is 10.0. The number of amides is 1. The van der Waals surface area contributed by atoms with Crippen molar-refractivity contribution in [2.24, 2.45) is 0 Å². The van der Waals surface area contributed by atoms with Crippen LogP contribution in [0.25, 0.3) is 0 Å². The Kier molecular flexibility index (Phi) is 6.88. The number of rotatable bonds is 7. The Morgan fingerprint density at radius 1 is 1.31 bits per heavy atom. The van der Waals surface area contributed by atoms with Gasteiger partial charge in [-0.05, 0) is 45.9 Å². The van der Waals surface area contributed by atoms with Gasteiger partial charge in [-0.3, -0.25) is 24.2 Å². The summed E-state index contributed by atoms with van der Waals surface area (Å²) in [5, 5.41) is 11.8. The Morgan fingerprint density at radius 2 is 1.96 bits per heavy atom. The van der Waals surface area contributed by atoms with E-state index in [4.69, 9.17) is 5.11 Å². The van der Waals surface area contributed by atoms with Crippen molar-refractivity contribution < 1.29 is 19.5 Å². The summed E-state index contributed by atoms with van der Waals surface area (Å²) in [6.07, 6.45) is 1.67. The number of carboxylic acid groups (broad SMARTS) is 1. The van der Waals surface area contributed by atoms with Gasteiger partial charge in [0.05, 0.1) is 12.6 Å². The van der Waals surface area contributed by atoms with E-state index in [0.717, 1.165) is 25.9 Å². The summed E-state index contributed by atoms with van der Waals surface area (Å²) in [5.41, 5.74) is 1.18. The molecule has 0 aromatic heterocycles. The Labute approximate surface area is 154 Å². The quantitative estimate of drug-likeness (QED) is 0.719. The maximum Gasteiger partial charge on any atom is 0.317 e. The summed E-state index contributed by atoms with van der Waals surface area (Å²) in [4.78, 5) is 38.8. The van der Waals surface area contributed by atoms with Gasteiger partial charge in [-0.1, -0.05) is 12.1 Å². The Morgan fingerprint density at radius 3 is 2.54 bits per heavy atom. The summed E-state index contributed by atoms with van der Waals surface area (Å²) in [6.45, 7) is 4.89. The van der Waals surface area contributed by atoms with Gasteiger partial charge in [0, 0.05) is 30.4 Å². The van der Waals surface area contributed by atoms with E-state index in [1.807, 2.05) is 18.9 Å². The van der Waals surface area contributed by atoms with E-state index in [2.05, 4.69) is 10.2 Å². The zero-order valence-electron chi connectivity index (χ0n) is 15.6. The first-order chi connectivity index (χ1) is 12.3. The van der Waals surface area contributed by atoms with Crippen molar-refractivity contribution in [3.8, 4) is 0 Å². The summed E-state index contributed by atoms with van der Waals surface area (Å²) in [6, 6.07) is 6.86. The predicted molar refractivity (Wildman–Crippen MR) is 99.4 cm³/mol. The van der Waals surface area contributed by atoms with E-state index < -0.39 is 5.97 Å². The van der Waals surface area contributed by atoms with Crippen LogP contribution in [0.2, 0.25) is 0 Å². The number of hydrogen-bond acceptors (Lipinski definition) is 5. The Balaban J connectivity index is 1.88. The van der Waals surface area contributed by atoms with Gasteiger partial charge in [-0.25, -0.2) is 0 Å². The van der Waals surface area contributed by atoms with Gasteiger partial charge in [-0.2, -0.15) is 0 Å². The van der Waals surface area contributed by atoms with Gasteiger partial charge < -0.3 is 10.4 Å². The van der Waals surface area contributed by atoms with Crippen molar-refractivity contribution in [3.05, 3.63) is 29.8 Å². The topological polar surface area (TPSA) is 90.0 Å². The average Bonchev–Trinajstić information content (AvgIpc) is 2.60. The molecule has 7 nitrogen and oxygen atoms in total. The molecule has 0 radical (unpaired) electrons. The molecule has 1 aliphatic heterocycles. The molecule has 2 rings (SSSR count). The summed E-state index contributed by atoms with van der Waals surface area (Å²) < 4.78 is 0. The number of ketones is 1. The maximum atomic E-state index is 12.5. The highest BCUT2D eigenvalue weighted by atomic mass is 16.4. The van der Waals surface area contributed by atoms with E-state index in [1.165, 1.54) is 6.92 Å². The number of carboxylic acids is 1. The highest BCUT2D eigenvalue weighted by Crippen LogP contribution is 2.18. The van der Waals surface area contributed by atoms with Gasteiger partial charge in [-0.15, -0.1) is 0 Å². The lowest BCUT2D eigenvalue weighted by Gasteiger charge is -2.38. The van der Waals surface area contributed by atoms with E-state index in [9.17, 15) is 14.4 Å². The van der Waals surface area contributed by atoms with Gasteiger partial charge in [0.2, 0.25) is 5.91 Å². The number of nitrogens with zero attached hydrogens (tertiary/aromatic N) is 2. The number of anilines is 1. The van der Waals surface area contributed by atoms with Crippen LogP contribution in [-0.4, -0.2) is 71.3 Å². The van der Waals surface area contributed by atoms with Crippen LogP contribution in [0.3, 0.4) is 0 Å². The number of benzene rings is 1. The molecule has 1 amide bonds. The maximum absolute atomic E-state index is 12.5. The fourth-order valence-corrected chi connectivity index (χ4v) is 3.28. The van der Waals surface area contributed by atoms with Gasteiger partial charge in [0.25, 0.3) is 0 Å². The summed E-state index contributed by atoms with van der Waals surface area (Å²) >= 11 is 0. The molecule has 1 aromatic rings. The number of likely N-dealkylation sites (tertiary alicyclic amines) is 1. The van der Waals surface area contributed by atoms with E-state index >= 15 is 0 Å². The van der Waals surface area contributed by atoms with Crippen molar-refractivity contribution in [3.63, 3.8) is 0 Å². The highest BCUT2D eigenvalue weighted by molar-refractivity contribution is 5.98. The fraction of sp³-hybridized carbons (Fsp3) is 0.526. The first kappa shape index (κ1) is 20.1. The normalized spacial score (nSPS) is 17.1. The second-order valence-electron chi connectivity index (χ2n) is 6.88. The van der Waals surface area contributed by atoms with Crippen LogP contribution in [0.5, 0.6) is 0 Å². The zero-order chi connectivity index (χ0) is 19.3. The Hall–Kier alpha value is -2.25. The number of Topliss-reactive ketones (excluding diaryl/α,β-unsaturated/α-hetero) is 1. The molecule has 0 aliphatic carbocycles. The standard InChI is InChI=1S/C19H27N3O4/c1-13(19(26)20-16-6-4-5-15(11-16)14(2)23)22-9-7-17(8-10-22)21(3)12-18(24)25/h4-6,11,13,17H,7-10,12H2,1-3H3,(H,20,26)(H,24,25). The fourth-order valence-electron chi connectivity index (χ4n) is 3.28. The van der Waals surface area contributed by atoms with Crippen LogP contribution in [0.4, 0.5) is 5.69 Å². The van der Waals surface area contributed by atoms with Crippen molar-refractivity contribution >= 4 is 23.3 Å². The van der Waals surface area contributed by atoms with E-state index in [1.54, 1.807) is 24.3 Å². The molecule has 1 atom stereocenters. The molecular weight excluding hydrogens is 334 g/mol. The number of likely N-dealkylation sites (N-methyl/N-ethyl adjacent to an activating group) is 1. The monoisotopic (exact) mass is 361 g/mol. The van der Waals surface area contributed by atoms with Crippen LogP contribution in [0.1, 0.15) is 37.0 Å². The molecule has 2 N–H and O–H groups in total. The molecule has 26 heavy (non-hydrogen) atoms. The van der Waals surface area contributed by atoms with Gasteiger partial charge in [0.1, 0.15) is 0 Å². The summed E-state index contributed by atoms with van der Waals surface area (Å²) in [5.74, 6) is -0.972. The molecule has 1 heterocycles. The van der Waals surface area contributed by atoms with Crippen LogP contribution < -0.4 is 5.32 Å². The number of aliphatic carboxylic acids is 1. The first-order valence-corrected chi connectivity index (χ1v) is 8.86. The number of nitrogens with one attached hydrogen (secondary N) is 1. The predicted octanol–water partition coefficient (Wildman–Crippen LogP) is 1.70. The van der Waals surface area contributed by atoms with Crippen molar-refractivity contribution in [1.82, 2.24) is 9.80 Å². The minimum atomic E-state index is -0.824. The number of carbonyl (C=O) groups excluding carboxylic acids is 2. The molecule has 0 saturated carbocycles. The molecular formula is C19H27N3O4. The second-order valence-corrected chi connectivity index (χ2v) is 6.88. The zero-order valence-corrected chi connectivity index (χ0v) is 15.6. The molecule has 1 saturated heterocycles. The SMILES string of the molecule is CC(=O)c1cccc(NC(=O)C(C)N2CCC(N(C)CC(=O)O)CC2)c1. The molecule has 0 bridgehead atoms. The lowest BCUT2D eigenvalue weighted by Crippen LogP contribution is -2.50. The Bertz CT molecular complexity index is 669. The van der Waals surface area contributed by atoms with Crippen molar-refractivity contribution in [2.45, 2.75) is 38.8 Å².